The highest BCUT2D eigenvalue weighted by molar-refractivity contribution is 7.89. The SMILES string of the molecule is COc1ccc(OC)c(S(=O)(=O)N(C)Cc2ccccc2)c1. The Morgan fingerprint density at radius 3 is 2.27 bits per heavy atom. The van der Waals surface area contributed by atoms with E-state index in [2.05, 4.69) is 0 Å². The fourth-order valence-corrected chi connectivity index (χ4v) is 3.40. The van der Waals surface area contributed by atoms with Crippen molar-refractivity contribution in [1.29, 1.82) is 0 Å². The van der Waals surface area contributed by atoms with Gasteiger partial charge >= 0.3 is 0 Å². The third kappa shape index (κ3) is 3.40. The summed E-state index contributed by atoms with van der Waals surface area (Å²) in [7, 11) is 0.793. The largest absolute Gasteiger partial charge is 0.497 e. The van der Waals surface area contributed by atoms with Gasteiger partial charge in [-0.25, -0.2) is 8.42 Å². The minimum absolute atomic E-state index is 0.0905. The van der Waals surface area contributed by atoms with E-state index in [4.69, 9.17) is 9.47 Å². The monoisotopic (exact) mass is 321 g/mol. The van der Waals surface area contributed by atoms with Crippen molar-refractivity contribution in [3.63, 3.8) is 0 Å². The van der Waals surface area contributed by atoms with E-state index in [0.29, 0.717) is 11.5 Å². The van der Waals surface area contributed by atoms with Crippen LogP contribution in [-0.4, -0.2) is 34.0 Å². The zero-order valence-electron chi connectivity index (χ0n) is 12.8. The van der Waals surface area contributed by atoms with E-state index in [1.54, 1.807) is 19.2 Å². The molecule has 0 N–H and O–H groups in total. The number of nitrogens with zero attached hydrogens (tertiary/aromatic N) is 1. The number of methoxy groups -OCH3 is 2. The van der Waals surface area contributed by atoms with Gasteiger partial charge in [0.05, 0.1) is 14.2 Å². The van der Waals surface area contributed by atoms with Crippen molar-refractivity contribution in [1.82, 2.24) is 4.31 Å². The molecule has 0 saturated carbocycles. The summed E-state index contributed by atoms with van der Waals surface area (Å²) in [5.74, 6) is 0.758. The van der Waals surface area contributed by atoms with Crippen molar-refractivity contribution in [2.45, 2.75) is 11.4 Å². The van der Waals surface area contributed by atoms with Crippen LogP contribution in [-0.2, 0) is 16.6 Å². The molecule has 0 aliphatic rings. The summed E-state index contributed by atoms with van der Waals surface area (Å²) in [5.41, 5.74) is 0.912. The van der Waals surface area contributed by atoms with Gasteiger partial charge < -0.3 is 9.47 Å². The van der Waals surface area contributed by atoms with Gasteiger partial charge in [-0.2, -0.15) is 4.31 Å². The molecular weight excluding hydrogens is 302 g/mol. The topological polar surface area (TPSA) is 55.8 Å². The second-order valence-corrected chi connectivity index (χ2v) is 6.78. The maximum atomic E-state index is 12.8. The van der Waals surface area contributed by atoms with Gasteiger partial charge in [-0.15, -0.1) is 0 Å². The highest BCUT2D eigenvalue weighted by atomic mass is 32.2. The molecule has 0 spiro atoms. The molecule has 0 saturated heterocycles. The molecular formula is C16H19NO4S. The molecule has 0 heterocycles. The van der Waals surface area contributed by atoms with Crippen molar-refractivity contribution in [2.24, 2.45) is 0 Å². The van der Waals surface area contributed by atoms with Crippen LogP contribution in [0.1, 0.15) is 5.56 Å². The Morgan fingerprint density at radius 1 is 1.00 bits per heavy atom. The number of hydrogen-bond acceptors (Lipinski definition) is 4. The molecule has 22 heavy (non-hydrogen) atoms. The molecule has 0 radical (unpaired) electrons. The summed E-state index contributed by atoms with van der Waals surface area (Å²) in [5, 5.41) is 0. The van der Waals surface area contributed by atoms with Crippen LogP contribution < -0.4 is 9.47 Å². The van der Waals surface area contributed by atoms with Crippen LogP contribution >= 0.6 is 0 Å². The van der Waals surface area contributed by atoms with Crippen LogP contribution in [0.5, 0.6) is 11.5 Å². The summed E-state index contributed by atoms with van der Waals surface area (Å²) in [6.45, 7) is 0.281. The summed E-state index contributed by atoms with van der Waals surface area (Å²) >= 11 is 0. The normalized spacial score (nSPS) is 11.5. The predicted molar refractivity (Wildman–Crippen MR) is 84.6 cm³/mol. The standard InChI is InChI=1S/C16H19NO4S/c1-17(12-13-7-5-4-6-8-13)22(18,19)16-11-14(20-2)9-10-15(16)21-3/h4-11H,12H2,1-3H3. The molecule has 0 fully saturated rings. The molecule has 0 atom stereocenters. The van der Waals surface area contributed by atoms with E-state index in [1.165, 1.54) is 24.6 Å². The molecule has 0 aromatic heterocycles. The second kappa shape index (κ2) is 6.81. The Hall–Kier alpha value is -2.05. The van der Waals surface area contributed by atoms with Gasteiger partial charge in [-0.3, -0.25) is 0 Å². The van der Waals surface area contributed by atoms with Gasteiger partial charge in [0.25, 0.3) is 0 Å². The van der Waals surface area contributed by atoms with E-state index < -0.39 is 10.0 Å². The molecule has 6 heteroatoms. The zero-order chi connectivity index (χ0) is 16.2. The molecule has 5 nitrogen and oxygen atoms in total. The van der Waals surface area contributed by atoms with Crippen molar-refractivity contribution < 1.29 is 17.9 Å². The Balaban J connectivity index is 2.37. The summed E-state index contributed by atoms with van der Waals surface area (Å²) in [4.78, 5) is 0.0905. The molecule has 0 aliphatic carbocycles. The van der Waals surface area contributed by atoms with Crippen LogP contribution in [0, 0.1) is 0 Å². The van der Waals surface area contributed by atoms with Crippen molar-refractivity contribution in [2.75, 3.05) is 21.3 Å². The average molecular weight is 321 g/mol. The Kier molecular flexibility index (Phi) is 5.05. The van der Waals surface area contributed by atoms with E-state index >= 15 is 0 Å². The number of ether oxygens (including phenoxy) is 2. The lowest BCUT2D eigenvalue weighted by molar-refractivity contribution is 0.388. The fraction of sp³-hybridized carbons (Fsp3) is 0.250. The van der Waals surface area contributed by atoms with E-state index in [0.717, 1.165) is 5.56 Å². The van der Waals surface area contributed by atoms with Gasteiger partial charge in [-0.05, 0) is 17.7 Å². The molecule has 2 aromatic rings. The first kappa shape index (κ1) is 16.3. The van der Waals surface area contributed by atoms with Crippen LogP contribution in [0.15, 0.2) is 53.4 Å². The maximum absolute atomic E-state index is 12.8. The predicted octanol–water partition coefficient (Wildman–Crippen LogP) is 2.52. The molecule has 0 amide bonds. The molecule has 0 aliphatic heterocycles. The first-order chi connectivity index (χ1) is 10.5. The van der Waals surface area contributed by atoms with Gasteiger partial charge in [0.2, 0.25) is 10.0 Å². The van der Waals surface area contributed by atoms with Gasteiger partial charge in [-0.1, -0.05) is 30.3 Å². The number of benzene rings is 2. The molecule has 2 aromatic carbocycles. The minimum Gasteiger partial charge on any atom is -0.497 e. The van der Waals surface area contributed by atoms with Crippen molar-refractivity contribution >= 4 is 10.0 Å². The first-order valence-corrected chi connectivity index (χ1v) is 8.15. The second-order valence-electron chi connectivity index (χ2n) is 4.76. The summed E-state index contributed by atoms with van der Waals surface area (Å²) in [6.07, 6.45) is 0. The lowest BCUT2D eigenvalue weighted by atomic mass is 10.2. The van der Waals surface area contributed by atoms with E-state index in [9.17, 15) is 8.42 Å². The summed E-state index contributed by atoms with van der Waals surface area (Å²) < 4.78 is 37.1. The number of hydrogen-bond donors (Lipinski definition) is 0. The number of rotatable bonds is 6. The van der Waals surface area contributed by atoms with Crippen molar-refractivity contribution in [3.8, 4) is 11.5 Å². The van der Waals surface area contributed by atoms with Gasteiger partial charge in [0.15, 0.2) is 0 Å². The van der Waals surface area contributed by atoms with Crippen LogP contribution in [0.4, 0.5) is 0 Å². The third-order valence-corrected chi connectivity index (χ3v) is 5.13. The van der Waals surface area contributed by atoms with E-state index in [-0.39, 0.29) is 11.4 Å². The Morgan fingerprint density at radius 2 is 1.68 bits per heavy atom. The van der Waals surface area contributed by atoms with Crippen LogP contribution in [0.3, 0.4) is 0 Å². The summed E-state index contributed by atoms with van der Waals surface area (Å²) in [6, 6.07) is 14.1. The van der Waals surface area contributed by atoms with Crippen molar-refractivity contribution in [3.05, 3.63) is 54.1 Å². The minimum atomic E-state index is -3.68. The molecule has 118 valence electrons. The molecule has 2 rings (SSSR count). The van der Waals surface area contributed by atoms with Gasteiger partial charge in [0, 0.05) is 19.7 Å². The Bertz CT molecular complexity index is 729. The first-order valence-electron chi connectivity index (χ1n) is 6.71. The average Bonchev–Trinajstić information content (AvgIpc) is 2.55. The lowest BCUT2D eigenvalue weighted by Crippen LogP contribution is -2.27. The molecule has 0 unspecified atom stereocenters. The maximum Gasteiger partial charge on any atom is 0.246 e. The molecule has 0 bridgehead atoms. The van der Waals surface area contributed by atoms with Crippen LogP contribution in [0.25, 0.3) is 0 Å². The zero-order valence-corrected chi connectivity index (χ0v) is 13.6. The number of sulfonamides is 1. The fourth-order valence-electron chi connectivity index (χ4n) is 2.08. The smallest absolute Gasteiger partial charge is 0.246 e. The lowest BCUT2D eigenvalue weighted by Gasteiger charge is -2.19. The van der Waals surface area contributed by atoms with Gasteiger partial charge in [0.1, 0.15) is 16.4 Å². The Labute approximate surface area is 131 Å². The third-order valence-electron chi connectivity index (χ3n) is 3.31. The van der Waals surface area contributed by atoms with Crippen LogP contribution in [0.2, 0.25) is 0 Å². The quantitative estimate of drug-likeness (QED) is 0.820. The highest BCUT2D eigenvalue weighted by Crippen LogP contribution is 2.30. The van der Waals surface area contributed by atoms with E-state index in [1.807, 2.05) is 30.3 Å². The highest BCUT2D eigenvalue weighted by Gasteiger charge is 2.25.